The van der Waals surface area contributed by atoms with Crippen molar-refractivity contribution in [2.75, 3.05) is 28.4 Å². The third kappa shape index (κ3) is 4.80. The molecule has 3 aromatic carbocycles. The molecule has 0 atom stereocenters. The second kappa shape index (κ2) is 9.71. The molecule has 0 aliphatic rings. The molecule has 0 amide bonds. The van der Waals surface area contributed by atoms with Crippen molar-refractivity contribution in [3.63, 3.8) is 0 Å². The summed E-state index contributed by atoms with van der Waals surface area (Å²) in [4.78, 5) is 12.8. The lowest BCUT2D eigenvalue weighted by Crippen LogP contribution is -1.97. The molecule has 0 unspecified atom stereocenters. The molecule has 6 nitrogen and oxygen atoms in total. The van der Waals surface area contributed by atoms with Crippen molar-refractivity contribution in [3.8, 4) is 39.9 Å². The van der Waals surface area contributed by atoms with Gasteiger partial charge in [-0.2, -0.15) is 0 Å². The Morgan fingerprint density at radius 1 is 0.774 bits per heavy atom. The number of ketones is 1. The summed E-state index contributed by atoms with van der Waals surface area (Å²) < 4.78 is 21.2. The number of hydrogen-bond acceptors (Lipinski definition) is 6. The molecule has 0 heterocycles. The second-order valence-electron chi connectivity index (χ2n) is 6.62. The van der Waals surface area contributed by atoms with E-state index >= 15 is 0 Å². The molecule has 0 aliphatic carbocycles. The second-order valence-corrected chi connectivity index (χ2v) is 6.62. The zero-order chi connectivity index (χ0) is 22.4. The number of phenolic OH excluding ortho intramolecular Hbond substituents is 1. The van der Waals surface area contributed by atoms with E-state index in [1.54, 1.807) is 37.5 Å². The number of phenols is 1. The highest BCUT2D eigenvalue weighted by Crippen LogP contribution is 2.38. The molecule has 0 fully saturated rings. The molecule has 0 spiro atoms. The highest BCUT2D eigenvalue weighted by Gasteiger charge is 2.14. The highest BCUT2D eigenvalue weighted by atomic mass is 16.5. The Balaban J connectivity index is 1.90. The van der Waals surface area contributed by atoms with Gasteiger partial charge in [-0.25, -0.2) is 0 Å². The summed E-state index contributed by atoms with van der Waals surface area (Å²) in [6, 6.07) is 15.9. The fourth-order valence-corrected chi connectivity index (χ4v) is 3.16. The van der Waals surface area contributed by atoms with E-state index in [0.29, 0.717) is 22.8 Å². The Hall–Kier alpha value is -3.93. The van der Waals surface area contributed by atoms with Crippen LogP contribution in [0.4, 0.5) is 0 Å². The van der Waals surface area contributed by atoms with Crippen LogP contribution in [0.15, 0.2) is 60.7 Å². The fraction of sp³-hybridized carbons (Fsp3) is 0.160. The van der Waals surface area contributed by atoms with E-state index in [4.69, 9.17) is 18.9 Å². The summed E-state index contributed by atoms with van der Waals surface area (Å²) in [6.07, 6.45) is 3.03. The summed E-state index contributed by atoms with van der Waals surface area (Å²) >= 11 is 0. The van der Waals surface area contributed by atoms with Crippen LogP contribution < -0.4 is 18.9 Å². The Bertz CT molecular complexity index is 1070. The number of rotatable bonds is 8. The van der Waals surface area contributed by atoms with Crippen molar-refractivity contribution in [2.45, 2.75) is 0 Å². The van der Waals surface area contributed by atoms with Gasteiger partial charge in [0, 0.05) is 0 Å². The first-order chi connectivity index (χ1) is 15.0. The lowest BCUT2D eigenvalue weighted by atomic mass is 10.00. The van der Waals surface area contributed by atoms with Gasteiger partial charge in [-0.05, 0) is 59.2 Å². The van der Waals surface area contributed by atoms with Crippen molar-refractivity contribution in [1.82, 2.24) is 0 Å². The van der Waals surface area contributed by atoms with Crippen molar-refractivity contribution in [1.29, 1.82) is 0 Å². The zero-order valence-corrected chi connectivity index (χ0v) is 17.8. The van der Waals surface area contributed by atoms with Crippen molar-refractivity contribution >= 4 is 11.9 Å². The first-order valence-electron chi connectivity index (χ1n) is 9.50. The van der Waals surface area contributed by atoms with E-state index in [0.717, 1.165) is 16.9 Å². The van der Waals surface area contributed by atoms with Crippen molar-refractivity contribution in [3.05, 3.63) is 71.8 Å². The number of hydrogen-bond donors (Lipinski definition) is 1. The Labute approximate surface area is 181 Å². The maximum Gasteiger partial charge on any atom is 0.203 e. The monoisotopic (exact) mass is 420 g/mol. The first kappa shape index (κ1) is 21.8. The van der Waals surface area contributed by atoms with Crippen LogP contribution in [0.3, 0.4) is 0 Å². The number of allylic oxidation sites excluding steroid dienone is 1. The minimum Gasteiger partial charge on any atom is -0.507 e. The molecular formula is C25H24O6. The maximum absolute atomic E-state index is 12.8. The molecule has 0 saturated carbocycles. The van der Waals surface area contributed by atoms with Gasteiger partial charge >= 0.3 is 0 Å². The fourth-order valence-electron chi connectivity index (χ4n) is 3.16. The third-order valence-corrected chi connectivity index (χ3v) is 4.80. The van der Waals surface area contributed by atoms with E-state index in [1.807, 2.05) is 24.3 Å². The lowest BCUT2D eigenvalue weighted by Gasteiger charge is -2.12. The molecule has 3 aromatic rings. The van der Waals surface area contributed by atoms with Crippen LogP contribution in [0.2, 0.25) is 0 Å². The van der Waals surface area contributed by atoms with Crippen molar-refractivity contribution in [2.24, 2.45) is 0 Å². The quantitative estimate of drug-likeness (QED) is 0.409. The molecule has 0 radical (unpaired) electrons. The first-order valence-corrected chi connectivity index (χ1v) is 9.50. The summed E-state index contributed by atoms with van der Waals surface area (Å²) in [6.45, 7) is 0. The average Bonchev–Trinajstić information content (AvgIpc) is 2.82. The van der Waals surface area contributed by atoms with Gasteiger partial charge in [0.05, 0.1) is 34.0 Å². The highest BCUT2D eigenvalue weighted by molar-refractivity contribution is 6.09. The van der Waals surface area contributed by atoms with Gasteiger partial charge in [0.25, 0.3) is 0 Å². The minimum atomic E-state index is -0.332. The van der Waals surface area contributed by atoms with E-state index in [2.05, 4.69) is 0 Å². The molecule has 0 saturated heterocycles. The number of methoxy groups -OCH3 is 4. The number of ether oxygens (including phenoxy) is 4. The molecule has 160 valence electrons. The van der Waals surface area contributed by atoms with Gasteiger partial charge in [-0.15, -0.1) is 0 Å². The van der Waals surface area contributed by atoms with Gasteiger partial charge < -0.3 is 24.1 Å². The summed E-state index contributed by atoms with van der Waals surface area (Å²) in [5.74, 6) is 1.76. The summed E-state index contributed by atoms with van der Waals surface area (Å²) in [5, 5.41) is 10.2. The van der Waals surface area contributed by atoms with Gasteiger partial charge in [0.1, 0.15) is 11.5 Å². The van der Waals surface area contributed by atoms with Crippen LogP contribution in [-0.4, -0.2) is 39.3 Å². The van der Waals surface area contributed by atoms with E-state index in [9.17, 15) is 9.90 Å². The summed E-state index contributed by atoms with van der Waals surface area (Å²) in [7, 11) is 6.18. The van der Waals surface area contributed by atoms with Gasteiger partial charge in [-0.1, -0.05) is 24.3 Å². The van der Waals surface area contributed by atoms with Gasteiger partial charge in [0.15, 0.2) is 17.3 Å². The smallest absolute Gasteiger partial charge is 0.203 e. The summed E-state index contributed by atoms with van der Waals surface area (Å²) in [5.41, 5.74) is 2.61. The van der Waals surface area contributed by atoms with E-state index < -0.39 is 0 Å². The molecule has 0 aliphatic heterocycles. The van der Waals surface area contributed by atoms with E-state index in [-0.39, 0.29) is 17.1 Å². The van der Waals surface area contributed by atoms with Crippen molar-refractivity contribution < 1.29 is 28.8 Å². The van der Waals surface area contributed by atoms with Crippen LogP contribution in [0, 0.1) is 0 Å². The van der Waals surface area contributed by atoms with Crippen LogP contribution >= 0.6 is 0 Å². The Kier molecular flexibility index (Phi) is 6.82. The Morgan fingerprint density at radius 2 is 1.39 bits per heavy atom. The molecule has 0 bridgehead atoms. The molecule has 31 heavy (non-hydrogen) atoms. The van der Waals surface area contributed by atoms with Crippen LogP contribution in [-0.2, 0) is 0 Å². The van der Waals surface area contributed by atoms with Crippen LogP contribution in [0.1, 0.15) is 15.9 Å². The maximum atomic E-state index is 12.8. The molecular weight excluding hydrogens is 396 g/mol. The van der Waals surface area contributed by atoms with Crippen LogP contribution in [0.5, 0.6) is 28.7 Å². The minimum absolute atomic E-state index is 0.0863. The predicted molar refractivity (Wildman–Crippen MR) is 120 cm³/mol. The number of aromatic hydroxyl groups is 1. The lowest BCUT2D eigenvalue weighted by molar-refractivity contribution is 0.104. The van der Waals surface area contributed by atoms with Crippen LogP contribution in [0.25, 0.3) is 17.2 Å². The largest absolute Gasteiger partial charge is 0.507 e. The molecule has 3 rings (SSSR count). The van der Waals surface area contributed by atoms with Gasteiger partial charge in [-0.3, -0.25) is 4.79 Å². The number of carbonyl (C=O) groups is 1. The normalized spacial score (nSPS) is 10.7. The molecule has 6 heteroatoms. The zero-order valence-electron chi connectivity index (χ0n) is 17.8. The van der Waals surface area contributed by atoms with E-state index in [1.165, 1.54) is 33.5 Å². The molecule has 1 N–H and O–H groups in total. The average molecular weight is 420 g/mol. The standard InChI is InChI=1S/C25H24O6/c1-28-19-9-6-17(7-10-19)18-8-12-22(27)20(15-18)21(26)11-5-16-13-23(29-2)25(31-4)24(14-16)30-3/h5-15,27H,1-4H3/b11-5+. The number of benzene rings is 3. The SMILES string of the molecule is COc1ccc(-c2ccc(O)c(C(=O)/C=C/c3cc(OC)c(OC)c(OC)c3)c2)cc1. The topological polar surface area (TPSA) is 74.2 Å². The van der Waals surface area contributed by atoms with Gasteiger partial charge in [0.2, 0.25) is 5.75 Å². The Morgan fingerprint density at radius 3 is 1.94 bits per heavy atom. The third-order valence-electron chi connectivity index (χ3n) is 4.80. The molecule has 0 aromatic heterocycles. The number of carbonyl (C=O) groups excluding carboxylic acids is 1. The predicted octanol–water partition coefficient (Wildman–Crippen LogP) is 4.99.